The highest BCUT2D eigenvalue weighted by atomic mass is 35.5. The van der Waals surface area contributed by atoms with Gasteiger partial charge in [-0.25, -0.2) is 14.6 Å². The van der Waals surface area contributed by atoms with Gasteiger partial charge in [-0.3, -0.25) is 0 Å². The van der Waals surface area contributed by atoms with Crippen molar-refractivity contribution in [3.8, 4) is 11.3 Å². The summed E-state index contributed by atoms with van der Waals surface area (Å²) in [5.74, 6) is -1.20. The van der Waals surface area contributed by atoms with Crippen LogP contribution in [0.1, 0.15) is 18.5 Å². The van der Waals surface area contributed by atoms with E-state index in [2.05, 4.69) is 10.3 Å². The number of hydrogen-bond acceptors (Lipinski definition) is 4. The summed E-state index contributed by atoms with van der Waals surface area (Å²) in [4.78, 5) is 28.3. The van der Waals surface area contributed by atoms with Crippen molar-refractivity contribution in [1.29, 1.82) is 0 Å². The van der Waals surface area contributed by atoms with Crippen molar-refractivity contribution in [2.75, 3.05) is 6.61 Å². The van der Waals surface area contributed by atoms with Crippen molar-refractivity contribution < 1.29 is 27.5 Å². The predicted octanol–water partition coefficient (Wildman–Crippen LogP) is 5.44. The van der Waals surface area contributed by atoms with Crippen LogP contribution in [-0.2, 0) is 9.53 Å². The number of nitrogens with zero attached hydrogens (tertiary/aromatic N) is 1. The molecule has 1 aromatic heterocycles. The number of rotatable bonds is 4. The molecule has 164 valence electrons. The van der Waals surface area contributed by atoms with Gasteiger partial charge in [0.25, 0.3) is 0 Å². The number of nitrogens with one attached hydrogen (secondary N) is 2. The van der Waals surface area contributed by atoms with E-state index in [0.29, 0.717) is 11.3 Å². The number of alkyl halides is 3. The van der Waals surface area contributed by atoms with Crippen LogP contribution in [0.25, 0.3) is 11.3 Å². The predicted molar refractivity (Wildman–Crippen MR) is 109 cm³/mol. The summed E-state index contributed by atoms with van der Waals surface area (Å²) in [6.45, 7) is 1.31. The summed E-state index contributed by atoms with van der Waals surface area (Å²) in [5.41, 5.74) is -1.23. The lowest BCUT2D eigenvalue weighted by atomic mass is 9.94. The Bertz CT molecular complexity index is 1070. The fourth-order valence-corrected chi connectivity index (χ4v) is 3.55. The average molecular weight is 495 g/mol. The second kappa shape index (κ2) is 8.94. The molecule has 6 nitrogen and oxygen atoms in total. The van der Waals surface area contributed by atoms with Gasteiger partial charge in [-0.2, -0.15) is 13.2 Å². The van der Waals surface area contributed by atoms with Crippen LogP contribution in [0, 0.1) is 0 Å². The molecule has 0 spiro atoms. The number of amides is 2. The van der Waals surface area contributed by atoms with Crippen molar-refractivity contribution in [2.24, 2.45) is 0 Å². The van der Waals surface area contributed by atoms with Crippen LogP contribution in [0.15, 0.2) is 41.6 Å². The molecule has 2 heterocycles. The molecule has 2 amide bonds. The lowest BCUT2D eigenvalue weighted by molar-refractivity contribution is -0.140. The van der Waals surface area contributed by atoms with Gasteiger partial charge in [0.15, 0.2) is 0 Å². The van der Waals surface area contributed by atoms with Crippen molar-refractivity contribution in [3.63, 3.8) is 0 Å². The van der Waals surface area contributed by atoms with Crippen molar-refractivity contribution >= 4 is 46.8 Å². The molecule has 0 bridgehead atoms. The number of ether oxygens (including phenoxy) is 1. The van der Waals surface area contributed by atoms with Crippen molar-refractivity contribution in [3.05, 3.63) is 62.4 Å². The van der Waals surface area contributed by atoms with Gasteiger partial charge in [0.1, 0.15) is 10.9 Å². The Morgan fingerprint density at radius 1 is 1.16 bits per heavy atom. The molecule has 1 aliphatic rings. The molecule has 3 rings (SSSR count). The van der Waals surface area contributed by atoms with Gasteiger partial charge in [-0.15, -0.1) is 0 Å². The second-order valence-corrected chi connectivity index (χ2v) is 7.42. The van der Waals surface area contributed by atoms with Gasteiger partial charge < -0.3 is 15.4 Å². The Labute approximate surface area is 189 Å². The lowest BCUT2D eigenvalue weighted by Crippen LogP contribution is -2.49. The topological polar surface area (TPSA) is 80.3 Å². The van der Waals surface area contributed by atoms with E-state index >= 15 is 0 Å². The number of hydrogen-bond donors (Lipinski definition) is 2. The normalized spacial score (nSPS) is 16.6. The Kier molecular flexibility index (Phi) is 6.68. The molecule has 0 aliphatic carbocycles. The van der Waals surface area contributed by atoms with E-state index in [9.17, 15) is 22.8 Å². The van der Waals surface area contributed by atoms with Crippen LogP contribution in [0.2, 0.25) is 15.2 Å². The number of allylic oxidation sites excluding steroid dienone is 1. The van der Waals surface area contributed by atoms with Crippen molar-refractivity contribution in [2.45, 2.75) is 19.1 Å². The molecule has 0 radical (unpaired) electrons. The molecule has 31 heavy (non-hydrogen) atoms. The van der Waals surface area contributed by atoms with Gasteiger partial charge in [-0.1, -0.05) is 59.1 Å². The highest BCUT2D eigenvalue weighted by molar-refractivity contribution is 6.43. The zero-order chi connectivity index (χ0) is 22.9. The molecule has 1 aliphatic heterocycles. The molecule has 2 N–H and O–H groups in total. The van der Waals surface area contributed by atoms with Crippen LogP contribution < -0.4 is 10.6 Å². The Hall–Kier alpha value is -2.49. The molecule has 2 aromatic rings. The lowest BCUT2D eigenvalue weighted by Gasteiger charge is -2.30. The monoisotopic (exact) mass is 493 g/mol. The maximum absolute atomic E-state index is 13.5. The number of urea groups is 1. The molecule has 0 fully saturated rings. The third kappa shape index (κ3) is 4.89. The van der Waals surface area contributed by atoms with E-state index in [1.807, 2.05) is 0 Å². The fraction of sp³-hybridized carbons (Fsp3) is 0.211. The molecular formula is C19H13Cl3F3N3O3. The molecular weight excluding hydrogens is 482 g/mol. The highest BCUT2D eigenvalue weighted by Gasteiger charge is 2.45. The quantitative estimate of drug-likeness (QED) is 0.438. The van der Waals surface area contributed by atoms with E-state index in [1.165, 1.54) is 37.3 Å². The van der Waals surface area contributed by atoms with E-state index in [4.69, 9.17) is 39.5 Å². The van der Waals surface area contributed by atoms with Crippen LogP contribution in [0.4, 0.5) is 18.0 Å². The number of carbonyl (C=O) groups excluding carboxylic acids is 2. The first-order valence-corrected chi connectivity index (χ1v) is 9.84. The highest BCUT2D eigenvalue weighted by Crippen LogP contribution is 2.37. The van der Waals surface area contributed by atoms with Gasteiger partial charge in [0.05, 0.1) is 34.0 Å². The minimum atomic E-state index is -4.98. The zero-order valence-electron chi connectivity index (χ0n) is 15.6. The van der Waals surface area contributed by atoms with Crippen molar-refractivity contribution in [1.82, 2.24) is 15.6 Å². The van der Waals surface area contributed by atoms with Crippen LogP contribution in [0.3, 0.4) is 0 Å². The minimum Gasteiger partial charge on any atom is -0.463 e. The number of pyridine rings is 1. The number of aromatic nitrogens is 1. The fourth-order valence-electron chi connectivity index (χ4n) is 2.95. The van der Waals surface area contributed by atoms with Gasteiger partial charge >= 0.3 is 18.2 Å². The first-order chi connectivity index (χ1) is 14.5. The maximum atomic E-state index is 13.5. The average Bonchev–Trinajstić information content (AvgIpc) is 2.69. The zero-order valence-corrected chi connectivity index (χ0v) is 17.9. The third-order valence-corrected chi connectivity index (χ3v) is 5.22. The summed E-state index contributed by atoms with van der Waals surface area (Å²) in [7, 11) is 0. The van der Waals surface area contributed by atoms with Crippen LogP contribution in [-0.4, -0.2) is 29.8 Å². The molecule has 1 aromatic carbocycles. The van der Waals surface area contributed by atoms with E-state index in [1.54, 1.807) is 5.32 Å². The standard InChI is InChI=1S/C19H13Cl3F3N3O3/c1-2-31-17(29)12-14(27-18(30)28-15(12)19(23,24)25)9-5-3-8(4-6-9)13-10(20)7-11(21)16(22)26-13/h3-7,14H,2H2,1H3,(H2,27,28,30). The third-order valence-electron chi connectivity index (χ3n) is 4.25. The smallest absolute Gasteiger partial charge is 0.432 e. The molecule has 1 atom stereocenters. The van der Waals surface area contributed by atoms with E-state index in [-0.39, 0.29) is 27.4 Å². The number of benzene rings is 1. The Morgan fingerprint density at radius 2 is 1.81 bits per heavy atom. The Morgan fingerprint density at radius 3 is 2.39 bits per heavy atom. The molecule has 12 heteroatoms. The summed E-state index contributed by atoms with van der Waals surface area (Å²) >= 11 is 17.9. The van der Waals surface area contributed by atoms with Gasteiger partial charge in [0, 0.05) is 5.56 Å². The van der Waals surface area contributed by atoms with Gasteiger partial charge in [-0.05, 0) is 18.6 Å². The Balaban J connectivity index is 2.07. The number of esters is 1. The largest absolute Gasteiger partial charge is 0.463 e. The van der Waals surface area contributed by atoms with Crippen LogP contribution in [0.5, 0.6) is 0 Å². The number of carbonyl (C=O) groups is 2. The molecule has 1 unspecified atom stereocenters. The summed E-state index contributed by atoms with van der Waals surface area (Å²) < 4.78 is 45.3. The summed E-state index contributed by atoms with van der Waals surface area (Å²) in [5, 5.41) is 4.37. The van der Waals surface area contributed by atoms with E-state index in [0.717, 1.165) is 0 Å². The van der Waals surface area contributed by atoms with E-state index < -0.39 is 35.5 Å². The first kappa shape index (κ1) is 23.2. The molecule has 0 saturated heterocycles. The van der Waals surface area contributed by atoms with Crippen LogP contribution >= 0.6 is 34.8 Å². The molecule has 0 saturated carbocycles. The number of halogens is 6. The SMILES string of the molecule is CCOC(=O)C1=C(C(F)(F)F)NC(=O)NC1c1ccc(-c2nc(Cl)c(Cl)cc2Cl)cc1. The minimum absolute atomic E-state index is 0.0260. The maximum Gasteiger partial charge on any atom is 0.432 e. The summed E-state index contributed by atoms with van der Waals surface area (Å²) in [6, 6.07) is 4.79. The van der Waals surface area contributed by atoms with Gasteiger partial charge in [0.2, 0.25) is 0 Å². The summed E-state index contributed by atoms with van der Waals surface area (Å²) in [6.07, 6.45) is -4.98. The second-order valence-electron chi connectivity index (χ2n) is 6.25. The first-order valence-electron chi connectivity index (χ1n) is 8.70.